The number of hydrogen-bond donors (Lipinski definition) is 1. The van der Waals surface area contributed by atoms with Gasteiger partial charge in [-0.3, -0.25) is 0 Å². The van der Waals surface area contributed by atoms with Crippen molar-refractivity contribution >= 4 is 12.4 Å². The molecule has 0 saturated carbocycles. The maximum atomic E-state index is 3.95. The number of nitrogens with zero attached hydrogens (tertiary/aromatic N) is 3. The molecule has 0 fully saturated rings. The third kappa shape index (κ3) is 3.95. The van der Waals surface area contributed by atoms with Crippen molar-refractivity contribution in [3.05, 3.63) is 12.4 Å². The van der Waals surface area contributed by atoms with Crippen LogP contribution in [-0.2, 0) is 6.54 Å². The topological polar surface area (TPSA) is 42.7 Å². The number of halogens is 1. The highest BCUT2D eigenvalue weighted by atomic mass is 35.5. The van der Waals surface area contributed by atoms with E-state index in [1.54, 1.807) is 17.2 Å². The molecule has 5 heteroatoms. The van der Waals surface area contributed by atoms with Crippen LogP contribution in [0, 0.1) is 0 Å². The molecule has 4 nitrogen and oxygen atoms in total. The summed E-state index contributed by atoms with van der Waals surface area (Å²) in [4.78, 5) is 1.67. The van der Waals surface area contributed by atoms with E-state index in [0.29, 0.717) is 0 Å². The Balaban J connectivity index is 0.000001000. The Hall–Kier alpha value is -0.610. The van der Waals surface area contributed by atoms with Crippen LogP contribution in [0.1, 0.15) is 6.92 Å². The standard InChI is InChI=1S/C6H12N4.ClH/c1-2-7-5-6-10-8-3-4-9-10;/h3-4,7H,2,5-6H2,1H3;1H. The van der Waals surface area contributed by atoms with Crippen LogP contribution >= 0.6 is 12.4 Å². The second-order valence-corrected chi connectivity index (χ2v) is 1.98. The lowest BCUT2D eigenvalue weighted by Gasteiger charge is -1.98. The Morgan fingerprint density at radius 2 is 2.00 bits per heavy atom. The summed E-state index contributed by atoms with van der Waals surface area (Å²) in [5.41, 5.74) is 0. The lowest BCUT2D eigenvalue weighted by Crippen LogP contribution is -2.20. The van der Waals surface area contributed by atoms with Crippen molar-refractivity contribution in [3.8, 4) is 0 Å². The molecule has 0 aliphatic carbocycles. The van der Waals surface area contributed by atoms with Crippen molar-refractivity contribution in [1.29, 1.82) is 0 Å². The van der Waals surface area contributed by atoms with E-state index >= 15 is 0 Å². The van der Waals surface area contributed by atoms with Gasteiger partial charge in [-0.05, 0) is 6.54 Å². The van der Waals surface area contributed by atoms with Crippen LogP contribution in [0.25, 0.3) is 0 Å². The molecule has 11 heavy (non-hydrogen) atoms. The molecular formula is C6H13ClN4. The molecule has 1 aromatic rings. The van der Waals surface area contributed by atoms with Crippen LogP contribution in [0.3, 0.4) is 0 Å². The van der Waals surface area contributed by atoms with E-state index in [-0.39, 0.29) is 12.4 Å². The van der Waals surface area contributed by atoms with E-state index in [0.717, 1.165) is 19.6 Å². The third-order valence-electron chi connectivity index (χ3n) is 1.21. The lowest BCUT2D eigenvalue weighted by molar-refractivity contribution is 0.508. The van der Waals surface area contributed by atoms with Gasteiger partial charge in [0.1, 0.15) is 0 Å². The molecule has 0 amide bonds. The van der Waals surface area contributed by atoms with Gasteiger partial charge < -0.3 is 5.32 Å². The molecule has 0 bridgehead atoms. The normalized spacial score (nSPS) is 9.18. The summed E-state index contributed by atoms with van der Waals surface area (Å²) in [6.45, 7) is 4.86. The fourth-order valence-electron chi connectivity index (χ4n) is 0.715. The van der Waals surface area contributed by atoms with Crippen LogP contribution in [0.4, 0.5) is 0 Å². The monoisotopic (exact) mass is 176 g/mol. The van der Waals surface area contributed by atoms with Crippen molar-refractivity contribution in [2.75, 3.05) is 13.1 Å². The molecule has 0 atom stereocenters. The second-order valence-electron chi connectivity index (χ2n) is 1.98. The van der Waals surface area contributed by atoms with Gasteiger partial charge in [-0.25, -0.2) is 0 Å². The van der Waals surface area contributed by atoms with Gasteiger partial charge in [0.05, 0.1) is 18.9 Å². The predicted octanol–water partition coefficient (Wildman–Crippen LogP) is 0.309. The SMILES string of the molecule is CCNCCn1nccn1.Cl. The van der Waals surface area contributed by atoms with Crippen molar-refractivity contribution in [3.63, 3.8) is 0 Å². The van der Waals surface area contributed by atoms with Crippen molar-refractivity contribution < 1.29 is 0 Å². The first-order valence-corrected chi connectivity index (χ1v) is 3.48. The van der Waals surface area contributed by atoms with Crippen LogP contribution in [0.5, 0.6) is 0 Å². The van der Waals surface area contributed by atoms with E-state index < -0.39 is 0 Å². The zero-order valence-corrected chi connectivity index (χ0v) is 7.34. The van der Waals surface area contributed by atoms with Crippen LogP contribution in [-0.4, -0.2) is 28.1 Å². The first-order chi connectivity index (χ1) is 4.93. The molecule has 1 heterocycles. The summed E-state index contributed by atoms with van der Waals surface area (Å²) in [5, 5.41) is 11.1. The Morgan fingerprint density at radius 1 is 1.36 bits per heavy atom. The molecule has 0 aliphatic rings. The molecule has 0 aromatic carbocycles. The van der Waals surface area contributed by atoms with Crippen molar-refractivity contribution in [2.24, 2.45) is 0 Å². The van der Waals surface area contributed by atoms with Crippen molar-refractivity contribution in [1.82, 2.24) is 20.3 Å². The summed E-state index contributed by atoms with van der Waals surface area (Å²) < 4.78 is 0. The number of nitrogens with one attached hydrogen (secondary N) is 1. The maximum Gasteiger partial charge on any atom is 0.0731 e. The molecular weight excluding hydrogens is 164 g/mol. The van der Waals surface area contributed by atoms with Crippen LogP contribution in [0.2, 0.25) is 0 Å². The van der Waals surface area contributed by atoms with Gasteiger partial charge in [-0.2, -0.15) is 15.0 Å². The molecule has 1 rings (SSSR count). The molecule has 1 aromatic heterocycles. The number of rotatable bonds is 4. The van der Waals surface area contributed by atoms with Gasteiger partial charge >= 0.3 is 0 Å². The van der Waals surface area contributed by atoms with E-state index in [9.17, 15) is 0 Å². The summed E-state index contributed by atoms with van der Waals surface area (Å²) >= 11 is 0. The predicted molar refractivity (Wildman–Crippen MR) is 45.8 cm³/mol. The molecule has 1 N–H and O–H groups in total. The summed E-state index contributed by atoms with van der Waals surface area (Å²) in [6.07, 6.45) is 3.37. The maximum absolute atomic E-state index is 3.95. The minimum atomic E-state index is 0. The highest BCUT2D eigenvalue weighted by Crippen LogP contribution is 1.75. The molecule has 0 spiro atoms. The Kier molecular flexibility index (Phi) is 5.78. The fraction of sp³-hybridized carbons (Fsp3) is 0.667. The Morgan fingerprint density at radius 3 is 2.55 bits per heavy atom. The molecule has 64 valence electrons. The highest BCUT2D eigenvalue weighted by Gasteiger charge is 1.88. The van der Waals surface area contributed by atoms with Gasteiger partial charge in [-0.15, -0.1) is 12.4 Å². The summed E-state index contributed by atoms with van der Waals surface area (Å²) in [7, 11) is 0. The molecule has 0 saturated heterocycles. The average Bonchev–Trinajstić information content (AvgIpc) is 2.41. The highest BCUT2D eigenvalue weighted by molar-refractivity contribution is 5.85. The Labute approximate surface area is 72.4 Å². The molecule has 0 radical (unpaired) electrons. The zero-order chi connectivity index (χ0) is 7.23. The van der Waals surface area contributed by atoms with E-state index in [2.05, 4.69) is 22.4 Å². The van der Waals surface area contributed by atoms with Gasteiger partial charge in [0.15, 0.2) is 0 Å². The smallest absolute Gasteiger partial charge is 0.0731 e. The molecule has 0 unspecified atom stereocenters. The van der Waals surface area contributed by atoms with Gasteiger partial charge in [-0.1, -0.05) is 6.92 Å². The lowest BCUT2D eigenvalue weighted by atomic mass is 10.6. The zero-order valence-electron chi connectivity index (χ0n) is 6.53. The average molecular weight is 177 g/mol. The summed E-state index contributed by atoms with van der Waals surface area (Å²) in [5.74, 6) is 0. The van der Waals surface area contributed by atoms with Crippen LogP contribution < -0.4 is 5.32 Å². The van der Waals surface area contributed by atoms with Gasteiger partial charge in [0.2, 0.25) is 0 Å². The fourth-order valence-corrected chi connectivity index (χ4v) is 0.715. The summed E-state index contributed by atoms with van der Waals surface area (Å²) in [6, 6.07) is 0. The number of aromatic nitrogens is 3. The first-order valence-electron chi connectivity index (χ1n) is 3.48. The Bertz CT molecular complexity index is 163. The third-order valence-corrected chi connectivity index (χ3v) is 1.21. The largest absolute Gasteiger partial charge is 0.315 e. The quantitative estimate of drug-likeness (QED) is 0.672. The number of hydrogen-bond acceptors (Lipinski definition) is 3. The van der Waals surface area contributed by atoms with E-state index in [1.165, 1.54) is 0 Å². The second kappa shape index (κ2) is 6.12. The van der Waals surface area contributed by atoms with Crippen molar-refractivity contribution in [2.45, 2.75) is 13.5 Å². The minimum Gasteiger partial charge on any atom is -0.315 e. The van der Waals surface area contributed by atoms with Crippen LogP contribution in [0.15, 0.2) is 12.4 Å². The van der Waals surface area contributed by atoms with Gasteiger partial charge in [0, 0.05) is 6.54 Å². The van der Waals surface area contributed by atoms with Gasteiger partial charge in [0.25, 0.3) is 0 Å². The minimum absolute atomic E-state index is 0. The number of likely N-dealkylation sites (N-methyl/N-ethyl adjacent to an activating group) is 1. The van der Waals surface area contributed by atoms with E-state index in [4.69, 9.17) is 0 Å². The first kappa shape index (κ1) is 10.4. The van der Waals surface area contributed by atoms with E-state index in [1.807, 2.05) is 0 Å². The molecule has 0 aliphatic heterocycles.